The van der Waals surface area contributed by atoms with Gasteiger partial charge in [0.05, 0.1) is 5.56 Å². The Morgan fingerprint density at radius 2 is 1.92 bits per heavy atom. The van der Waals surface area contributed by atoms with E-state index in [0.717, 1.165) is 30.8 Å². The number of hydrogen-bond acceptors (Lipinski definition) is 3. The number of amides is 1. The molecule has 130 valence electrons. The van der Waals surface area contributed by atoms with E-state index in [0.29, 0.717) is 10.6 Å². The maximum atomic E-state index is 12.7. The van der Waals surface area contributed by atoms with Crippen molar-refractivity contribution in [3.8, 4) is 11.1 Å². The third-order valence-corrected chi connectivity index (χ3v) is 4.18. The first-order chi connectivity index (χ1) is 10.6. The summed E-state index contributed by atoms with van der Waals surface area (Å²) in [6.07, 6.45) is 3.40. The SMILES string of the molecule is CC1CNCCN1C(=O)c1cncc(-c2ccc(Cl)cc2)c1.Cl.Cl. The molecule has 7 heteroatoms. The summed E-state index contributed by atoms with van der Waals surface area (Å²) in [6, 6.07) is 9.63. The Labute approximate surface area is 159 Å². The number of aromatic nitrogens is 1. The lowest BCUT2D eigenvalue weighted by Gasteiger charge is -2.34. The largest absolute Gasteiger partial charge is 0.333 e. The van der Waals surface area contributed by atoms with Gasteiger partial charge in [-0.05, 0) is 30.7 Å². The molecule has 0 saturated carbocycles. The summed E-state index contributed by atoms with van der Waals surface area (Å²) in [5, 5.41) is 3.98. The molecule has 1 aromatic heterocycles. The van der Waals surface area contributed by atoms with E-state index < -0.39 is 0 Å². The van der Waals surface area contributed by atoms with Gasteiger partial charge in [0.2, 0.25) is 0 Å². The van der Waals surface area contributed by atoms with E-state index in [1.54, 1.807) is 12.4 Å². The maximum absolute atomic E-state index is 12.7. The smallest absolute Gasteiger partial charge is 0.255 e. The summed E-state index contributed by atoms with van der Waals surface area (Å²) in [4.78, 5) is 18.8. The molecule has 0 spiro atoms. The minimum Gasteiger partial charge on any atom is -0.333 e. The molecule has 4 nitrogen and oxygen atoms in total. The number of benzene rings is 1. The highest BCUT2D eigenvalue weighted by atomic mass is 35.5. The summed E-state index contributed by atoms with van der Waals surface area (Å²) >= 11 is 5.92. The predicted molar refractivity (Wildman–Crippen MR) is 103 cm³/mol. The normalized spacial score (nSPS) is 16.8. The third-order valence-electron chi connectivity index (χ3n) is 3.92. The first kappa shape index (κ1) is 20.7. The van der Waals surface area contributed by atoms with E-state index in [4.69, 9.17) is 11.6 Å². The van der Waals surface area contributed by atoms with Crippen molar-refractivity contribution in [1.82, 2.24) is 15.2 Å². The highest BCUT2D eigenvalue weighted by molar-refractivity contribution is 6.30. The van der Waals surface area contributed by atoms with Crippen LogP contribution < -0.4 is 5.32 Å². The van der Waals surface area contributed by atoms with Gasteiger partial charge in [0.15, 0.2) is 0 Å². The second-order valence-electron chi connectivity index (χ2n) is 5.52. The molecule has 1 atom stereocenters. The lowest BCUT2D eigenvalue weighted by molar-refractivity contribution is 0.0655. The Morgan fingerprint density at radius 1 is 1.21 bits per heavy atom. The molecule has 2 aromatic rings. The highest BCUT2D eigenvalue weighted by Crippen LogP contribution is 2.22. The summed E-state index contributed by atoms with van der Waals surface area (Å²) in [7, 11) is 0. The first-order valence-electron chi connectivity index (χ1n) is 7.38. The van der Waals surface area contributed by atoms with Gasteiger partial charge in [-0.3, -0.25) is 9.78 Å². The fourth-order valence-corrected chi connectivity index (χ4v) is 2.79. The van der Waals surface area contributed by atoms with Gasteiger partial charge in [-0.1, -0.05) is 23.7 Å². The van der Waals surface area contributed by atoms with Gasteiger partial charge in [0.25, 0.3) is 5.91 Å². The number of halogens is 3. The highest BCUT2D eigenvalue weighted by Gasteiger charge is 2.24. The van der Waals surface area contributed by atoms with Gasteiger partial charge in [0.1, 0.15) is 0 Å². The predicted octanol–water partition coefficient (Wildman–Crippen LogP) is 3.68. The average Bonchev–Trinajstić information content (AvgIpc) is 2.55. The minimum atomic E-state index is 0. The minimum absolute atomic E-state index is 0. The molecule has 24 heavy (non-hydrogen) atoms. The van der Waals surface area contributed by atoms with E-state index in [2.05, 4.69) is 17.2 Å². The molecule has 0 radical (unpaired) electrons. The molecule has 3 rings (SSSR count). The second kappa shape index (κ2) is 9.23. The van der Waals surface area contributed by atoms with Crippen LogP contribution in [0.25, 0.3) is 11.1 Å². The zero-order chi connectivity index (χ0) is 15.5. The van der Waals surface area contributed by atoms with Gasteiger partial charge in [-0.15, -0.1) is 24.8 Å². The Bertz CT molecular complexity index is 679. The zero-order valence-electron chi connectivity index (χ0n) is 13.2. The topological polar surface area (TPSA) is 45.2 Å². The van der Waals surface area contributed by atoms with Crippen LogP contribution in [-0.2, 0) is 0 Å². The molecule has 1 aliphatic rings. The summed E-state index contributed by atoms with van der Waals surface area (Å²) in [6.45, 7) is 4.45. The monoisotopic (exact) mass is 387 g/mol. The fourth-order valence-electron chi connectivity index (χ4n) is 2.67. The molecule has 1 fully saturated rings. The molecular formula is C17H20Cl3N3O. The standard InChI is InChI=1S/C17H18ClN3O.2ClH/c1-12-9-19-6-7-21(12)17(22)15-8-14(10-20-11-15)13-2-4-16(18)5-3-13;;/h2-5,8,10-12,19H,6-7,9H2,1H3;2*1H. The lowest BCUT2D eigenvalue weighted by Crippen LogP contribution is -2.52. The number of piperazine rings is 1. The molecule has 1 unspecified atom stereocenters. The van der Waals surface area contributed by atoms with E-state index >= 15 is 0 Å². The molecule has 1 saturated heterocycles. The van der Waals surface area contributed by atoms with Crippen LogP contribution in [-0.4, -0.2) is 41.5 Å². The van der Waals surface area contributed by atoms with Gasteiger partial charge >= 0.3 is 0 Å². The van der Waals surface area contributed by atoms with Crippen LogP contribution in [0.5, 0.6) is 0 Å². The quantitative estimate of drug-likeness (QED) is 0.853. The van der Waals surface area contributed by atoms with Crippen molar-refractivity contribution < 1.29 is 4.79 Å². The lowest BCUT2D eigenvalue weighted by atomic mass is 10.1. The zero-order valence-corrected chi connectivity index (χ0v) is 15.6. The third kappa shape index (κ3) is 4.61. The van der Waals surface area contributed by atoms with Crippen LogP contribution in [0.4, 0.5) is 0 Å². The molecule has 0 aliphatic carbocycles. The fraction of sp³-hybridized carbons (Fsp3) is 0.294. The number of hydrogen-bond donors (Lipinski definition) is 1. The number of nitrogens with zero attached hydrogens (tertiary/aromatic N) is 2. The number of rotatable bonds is 2. The van der Waals surface area contributed by atoms with Crippen molar-refractivity contribution in [2.45, 2.75) is 13.0 Å². The number of pyridine rings is 1. The molecular weight excluding hydrogens is 369 g/mol. The van der Waals surface area contributed by atoms with Crippen molar-refractivity contribution >= 4 is 42.3 Å². The van der Waals surface area contributed by atoms with Gasteiger partial charge < -0.3 is 10.2 Å². The van der Waals surface area contributed by atoms with Crippen LogP contribution in [0.3, 0.4) is 0 Å². The van der Waals surface area contributed by atoms with Crippen LogP contribution in [0.2, 0.25) is 5.02 Å². The van der Waals surface area contributed by atoms with Gasteiger partial charge in [-0.25, -0.2) is 0 Å². The van der Waals surface area contributed by atoms with E-state index in [1.165, 1.54) is 0 Å². The Kier molecular flexibility index (Phi) is 7.97. The van der Waals surface area contributed by atoms with Crippen molar-refractivity contribution in [1.29, 1.82) is 0 Å². The van der Waals surface area contributed by atoms with Crippen LogP contribution in [0.15, 0.2) is 42.7 Å². The molecule has 1 amide bonds. The summed E-state index contributed by atoms with van der Waals surface area (Å²) < 4.78 is 0. The van der Waals surface area contributed by atoms with E-state index in [9.17, 15) is 4.79 Å². The van der Waals surface area contributed by atoms with Gasteiger partial charge in [0, 0.05) is 48.7 Å². The summed E-state index contributed by atoms with van der Waals surface area (Å²) in [5.41, 5.74) is 2.55. The molecule has 2 heterocycles. The Morgan fingerprint density at radius 3 is 2.58 bits per heavy atom. The molecule has 0 bridgehead atoms. The second-order valence-corrected chi connectivity index (χ2v) is 5.96. The number of carbonyl (C=O) groups excluding carboxylic acids is 1. The van der Waals surface area contributed by atoms with Crippen LogP contribution in [0, 0.1) is 0 Å². The van der Waals surface area contributed by atoms with E-state index in [-0.39, 0.29) is 36.8 Å². The van der Waals surface area contributed by atoms with Crippen LogP contribution in [0.1, 0.15) is 17.3 Å². The number of nitrogens with one attached hydrogen (secondary N) is 1. The Hall–Kier alpha value is -1.33. The Balaban J connectivity index is 0.00000144. The number of carbonyl (C=O) groups is 1. The van der Waals surface area contributed by atoms with Gasteiger partial charge in [-0.2, -0.15) is 0 Å². The van der Waals surface area contributed by atoms with Crippen molar-refractivity contribution in [2.75, 3.05) is 19.6 Å². The van der Waals surface area contributed by atoms with Crippen LogP contribution >= 0.6 is 36.4 Å². The average molecular weight is 389 g/mol. The molecule has 1 N–H and O–H groups in total. The molecule has 1 aliphatic heterocycles. The molecule has 1 aromatic carbocycles. The first-order valence-corrected chi connectivity index (χ1v) is 7.75. The maximum Gasteiger partial charge on any atom is 0.255 e. The van der Waals surface area contributed by atoms with Crippen molar-refractivity contribution in [3.63, 3.8) is 0 Å². The van der Waals surface area contributed by atoms with E-state index in [1.807, 2.05) is 35.2 Å². The summed E-state index contributed by atoms with van der Waals surface area (Å²) in [5.74, 6) is 0.0392. The van der Waals surface area contributed by atoms with Crippen molar-refractivity contribution in [2.24, 2.45) is 0 Å². The van der Waals surface area contributed by atoms with Crippen molar-refractivity contribution in [3.05, 3.63) is 53.3 Å².